The molecule has 0 spiro atoms. The zero-order valence-electron chi connectivity index (χ0n) is 12.1. The fourth-order valence-electron chi connectivity index (χ4n) is 2.56. The SMILES string of the molecule is CCCCN1CCCC1C(=O)Nc1ccc(Cl)cc1Cl.Cl. The maximum absolute atomic E-state index is 12.4. The van der Waals surface area contributed by atoms with Crippen molar-refractivity contribution in [1.82, 2.24) is 4.90 Å². The molecular formula is C15H21Cl3N2O. The molecule has 1 N–H and O–H groups in total. The van der Waals surface area contributed by atoms with Crippen LogP contribution in [0.2, 0.25) is 10.0 Å². The van der Waals surface area contributed by atoms with Crippen LogP contribution in [0.3, 0.4) is 0 Å². The van der Waals surface area contributed by atoms with E-state index < -0.39 is 0 Å². The van der Waals surface area contributed by atoms with Gasteiger partial charge in [0.25, 0.3) is 0 Å². The molecule has 1 unspecified atom stereocenters. The van der Waals surface area contributed by atoms with Crippen molar-refractivity contribution in [3.05, 3.63) is 28.2 Å². The minimum Gasteiger partial charge on any atom is -0.323 e. The Bertz CT molecular complexity index is 482. The maximum atomic E-state index is 12.4. The van der Waals surface area contributed by atoms with Crippen molar-refractivity contribution in [1.29, 1.82) is 0 Å². The number of unbranched alkanes of at least 4 members (excludes halogenated alkanes) is 1. The number of rotatable bonds is 5. The second kappa shape index (κ2) is 8.84. The van der Waals surface area contributed by atoms with Gasteiger partial charge in [-0.3, -0.25) is 9.69 Å². The van der Waals surface area contributed by atoms with Crippen molar-refractivity contribution in [2.45, 2.75) is 38.6 Å². The molecule has 2 rings (SSSR count). The molecule has 1 amide bonds. The van der Waals surface area contributed by atoms with E-state index in [9.17, 15) is 4.79 Å². The predicted molar refractivity (Wildman–Crippen MR) is 91.8 cm³/mol. The number of anilines is 1. The number of amides is 1. The highest BCUT2D eigenvalue weighted by Crippen LogP contribution is 2.27. The lowest BCUT2D eigenvalue weighted by Gasteiger charge is -2.23. The van der Waals surface area contributed by atoms with E-state index in [0.717, 1.165) is 38.8 Å². The van der Waals surface area contributed by atoms with E-state index in [2.05, 4.69) is 17.1 Å². The summed E-state index contributed by atoms with van der Waals surface area (Å²) < 4.78 is 0. The summed E-state index contributed by atoms with van der Waals surface area (Å²) >= 11 is 11.9. The number of likely N-dealkylation sites (tertiary alicyclic amines) is 1. The molecule has 3 nitrogen and oxygen atoms in total. The van der Waals surface area contributed by atoms with Gasteiger partial charge in [-0.1, -0.05) is 36.5 Å². The van der Waals surface area contributed by atoms with Gasteiger partial charge in [-0.15, -0.1) is 12.4 Å². The zero-order valence-corrected chi connectivity index (χ0v) is 14.4. The van der Waals surface area contributed by atoms with Gasteiger partial charge in [0.05, 0.1) is 16.8 Å². The van der Waals surface area contributed by atoms with Crippen molar-refractivity contribution in [3.63, 3.8) is 0 Å². The normalized spacial score (nSPS) is 18.3. The molecule has 0 saturated carbocycles. The van der Waals surface area contributed by atoms with Crippen LogP contribution in [0.1, 0.15) is 32.6 Å². The Morgan fingerprint density at radius 2 is 2.19 bits per heavy atom. The molecule has 1 aromatic rings. The number of benzene rings is 1. The van der Waals surface area contributed by atoms with Crippen molar-refractivity contribution < 1.29 is 4.79 Å². The molecule has 1 fully saturated rings. The molecule has 1 atom stereocenters. The Labute approximate surface area is 142 Å². The van der Waals surface area contributed by atoms with Crippen LogP contribution in [-0.2, 0) is 4.79 Å². The van der Waals surface area contributed by atoms with Gasteiger partial charge in [0, 0.05) is 5.02 Å². The molecule has 1 aromatic carbocycles. The molecule has 118 valence electrons. The number of nitrogens with one attached hydrogen (secondary N) is 1. The predicted octanol–water partition coefficient (Wildman–Crippen LogP) is 4.62. The van der Waals surface area contributed by atoms with Crippen LogP contribution in [0, 0.1) is 0 Å². The molecule has 0 aliphatic carbocycles. The Hall–Kier alpha value is -0.480. The van der Waals surface area contributed by atoms with Crippen LogP contribution >= 0.6 is 35.6 Å². The standard InChI is InChI=1S/C15H20Cl2N2O.ClH/c1-2-3-8-19-9-4-5-14(19)15(20)18-13-7-6-11(16)10-12(13)17;/h6-7,10,14H,2-5,8-9H2,1H3,(H,18,20);1H. The lowest BCUT2D eigenvalue weighted by Crippen LogP contribution is -2.40. The minimum atomic E-state index is -0.0340. The Morgan fingerprint density at radius 1 is 1.43 bits per heavy atom. The van der Waals surface area contributed by atoms with E-state index >= 15 is 0 Å². The first kappa shape index (κ1) is 18.6. The number of nitrogens with zero attached hydrogens (tertiary/aromatic N) is 1. The van der Waals surface area contributed by atoms with Gasteiger partial charge in [0.2, 0.25) is 5.91 Å². The minimum absolute atomic E-state index is 0. The number of carbonyl (C=O) groups excluding carboxylic acids is 1. The summed E-state index contributed by atoms with van der Waals surface area (Å²) in [7, 11) is 0. The summed E-state index contributed by atoms with van der Waals surface area (Å²) in [6, 6.07) is 5.08. The molecule has 1 heterocycles. The van der Waals surface area contributed by atoms with Crippen LogP contribution in [-0.4, -0.2) is 29.9 Å². The Kier molecular flexibility index (Phi) is 7.82. The van der Waals surface area contributed by atoms with Gasteiger partial charge in [0.15, 0.2) is 0 Å². The van der Waals surface area contributed by atoms with Gasteiger partial charge >= 0.3 is 0 Å². The third-order valence-electron chi connectivity index (χ3n) is 3.65. The highest BCUT2D eigenvalue weighted by molar-refractivity contribution is 6.36. The van der Waals surface area contributed by atoms with Gasteiger partial charge in [-0.05, 0) is 50.6 Å². The molecule has 0 radical (unpaired) electrons. The first-order chi connectivity index (χ1) is 9.61. The van der Waals surface area contributed by atoms with Gasteiger partial charge in [-0.25, -0.2) is 0 Å². The number of carbonyl (C=O) groups is 1. The third-order valence-corrected chi connectivity index (χ3v) is 4.20. The van der Waals surface area contributed by atoms with E-state index in [1.165, 1.54) is 0 Å². The lowest BCUT2D eigenvalue weighted by molar-refractivity contribution is -0.120. The summed E-state index contributed by atoms with van der Waals surface area (Å²) in [5.41, 5.74) is 0.628. The molecule has 1 aliphatic heterocycles. The summed E-state index contributed by atoms with van der Waals surface area (Å²) in [4.78, 5) is 14.6. The van der Waals surface area contributed by atoms with Gasteiger partial charge in [0.1, 0.15) is 0 Å². The fraction of sp³-hybridized carbons (Fsp3) is 0.533. The molecule has 1 aliphatic rings. The summed E-state index contributed by atoms with van der Waals surface area (Å²) in [6.07, 6.45) is 4.27. The average Bonchev–Trinajstić information content (AvgIpc) is 2.88. The molecular weight excluding hydrogens is 331 g/mol. The van der Waals surface area contributed by atoms with E-state index in [-0.39, 0.29) is 24.4 Å². The highest BCUT2D eigenvalue weighted by atomic mass is 35.5. The third kappa shape index (κ3) is 5.03. The van der Waals surface area contributed by atoms with Gasteiger partial charge < -0.3 is 5.32 Å². The summed E-state index contributed by atoms with van der Waals surface area (Å²) in [5.74, 6) is 0.0304. The van der Waals surface area contributed by atoms with Gasteiger partial charge in [-0.2, -0.15) is 0 Å². The van der Waals surface area contributed by atoms with Crippen LogP contribution in [0.4, 0.5) is 5.69 Å². The monoisotopic (exact) mass is 350 g/mol. The number of hydrogen-bond acceptors (Lipinski definition) is 2. The van der Waals surface area contributed by atoms with Crippen LogP contribution in [0.5, 0.6) is 0 Å². The molecule has 0 bridgehead atoms. The smallest absolute Gasteiger partial charge is 0.241 e. The van der Waals surface area contributed by atoms with Crippen molar-refractivity contribution in [2.24, 2.45) is 0 Å². The molecule has 21 heavy (non-hydrogen) atoms. The zero-order chi connectivity index (χ0) is 14.5. The van der Waals surface area contributed by atoms with Crippen LogP contribution in [0.25, 0.3) is 0 Å². The van der Waals surface area contributed by atoms with Crippen molar-refractivity contribution in [2.75, 3.05) is 18.4 Å². The second-order valence-electron chi connectivity index (χ2n) is 5.16. The van der Waals surface area contributed by atoms with Crippen molar-refractivity contribution >= 4 is 47.2 Å². The van der Waals surface area contributed by atoms with Crippen LogP contribution < -0.4 is 5.32 Å². The van der Waals surface area contributed by atoms with Crippen molar-refractivity contribution in [3.8, 4) is 0 Å². The van der Waals surface area contributed by atoms with E-state index in [4.69, 9.17) is 23.2 Å². The first-order valence-electron chi connectivity index (χ1n) is 7.11. The second-order valence-corrected chi connectivity index (χ2v) is 6.00. The first-order valence-corrected chi connectivity index (χ1v) is 7.87. The quantitative estimate of drug-likeness (QED) is 0.839. The summed E-state index contributed by atoms with van der Waals surface area (Å²) in [6.45, 7) is 4.16. The topological polar surface area (TPSA) is 32.3 Å². The highest BCUT2D eigenvalue weighted by Gasteiger charge is 2.30. The fourth-order valence-corrected chi connectivity index (χ4v) is 3.01. The van der Waals surface area contributed by atoms with E-state index in [1.807, 2.05) is 0 Å². The Balaban J connectivity index is 0.00000220. The van der Waals surface area contributed by atoms with E-state index in [0.29, 0.717) is 15.7 Å². The van der Waals surface area contributed by atoms with E-state index in [1.54, 1.807) is 18.2 Å². The number of hydrogen-bond donors (Lipinski definition) is 1. The molecule has 0 aromatic heterocycles. The largest absolute Gasteiger partial charge is 0.323 e. The lowest BCUT2D eigenvalue weighted by atomic mass is 10.2. The van der Waals surface area contributed by atoms with Crippen LogP contribution in [0.15, 0.2) is 18.2 Å². The Morgan fingerprint density at radius 3 is 2.86 bits per heavy atom. The molecule has 1 saturated heterocycles. The number of halogens is 3. The summed E-state index contributed by atoms with van der Waals surface area (Å²) in [5, 5.41) is 3.96. The maximum Gasteiger partial charge on any atom is 0.241 e. The average molecular weight is 352 g/mol. The molecule has 6 heteroatoms.